The van der Waals surface area contributed by atoms with Crippen LogP contribution < -0.4 is 10.6 Å². The molecule has 2 saturated heterocycles. The summed E-state index contributed by atoms with van der Waals surface area (Å²) in [5.74, 6) is -1.29. The number of carbonyl (C=O) groups excluding carboxylic acids is 4. The number of aliphatic hydroxyl groups is 2. The number of nitrogens with zero attached hydrogens (tertiary/aromatic N) is 2. The lowest BCUT2D eigenvalue weighted by molar-refractivity contribution is -0.132. The molecule has 2 aliphatic heterocycles. The summed E-state index contributed by atoms with van der Waals surface area (Å²) < 4.78 is 0. The van der Waals surface area contributed by atoms with Crippen LogP contribution in [0.5, 0.6) is 0 Å². The van der Waals surface area contributed by atoms with Crippen molar-refractivity contribution in [1.82, 2.24) is 20.4 Å². The second-order valence-electron chi connectivity index (χ2n) is 6.42. The van der Waals surface area contributed by atoms with E-state index >= 15 is 0 Å². The second-order valence-corrected chi connectivity index (χ2v) is 6.42. The zero-order valence-electron chi connectivity index (χ0n) is 14.2. The highest BCUT2D eigenvalue weighted by Crippen LogP contribution is 2.19. The number of rotatable bonds is 3. The number of imide groups is 2. The molecule has 0 saturated carbocycles. The molecule has 0 spiro atoms. The van der Waals surface area contributed by atoms with Gasteiger partial charge in [-0.3, -0.25) is 30.0 Å². The van der Waals surface area contributed by atoms with Gasteiger partial charge in [-0.2, -0.15) is 0 Å². The molecule has 0 aromatic heterocycles. The number of carbonyl (C=O) groups is 4. The highest BCUT2D eigenvalue weighted by molar-refractivity contribution is 6.03. The first-order valence-electron chi connectivity index (χ1n) is 7.62. The van der Waals surface area contributed by atoms with Gasteiger partial charge in [0.05, 0.1) is 0 Å². The van der Waals surface area contributed by atoms with E-state index in [1.54, 1.807) is 20.8 Å². The first-order valence-corrected chi connectivity index (χ1v) is 7.62. The molecule has 2 aliphatic rings. The summed E-state index contributed by atoms with van der Waals surface area (Å²) in [5.41, 5.74) is -0.546. The van der Waals surface area contributed by atoms with Crippen LogP contribution in [0.3, 0.4) is 0 Å². The topological polar surface area (TPSA) is 139 Å². The van der Waals surface area contributed by atoms with Gasteiger partial charge in [0, 0.05) is 12.1 Å². The van der Waals surface area contributed by atoms with Crippen molar-refractivity contribution in [3.8, 4) is 0 Å². The summed E-state index contributed by atoms with van der Waals surface area (Å²) in [6, 6.07) is -1.04. The molecule has 2 unspecified atom stereocenters. The van der Waals surface area contributed by atoms with Gasteiger partial charge >= 0.3 is 12.1 Å². The van der Waals surface area contributed by atoms with Crippen LogP contribution in [0.15, 0.2) is 0 Å². The predicted molar refractivity (Wildman–Crippen MR) is 82.3 cm³/mol. The minimum absolute atomic E-state index is 0.426. The number of urea groups is 2. The molecule has 136 valence electrons. The summed E-state index contributed by atoms with van der Waals surface area (Å²) in [6.07, 6.45) is -0.927. The minimum Gasteiger partial charge on any atom is -0.365 e. The Balaban J connectivity index is 0.000000240. The number of hydrogen-bond donors (Lipinski definition) is 4. The number of amides is 6. The Labute approximate surface area is 139 Å². The second kappa shape index (κ2) is 7.58. The molecule has 2 heterocycles. The van der Waals surface area contributed by atoms with Crippen molar-refractivity contribution < 1.29 is 29.4 Å². The lowest BCUT2D eigenvalue weighted by atomic mass is 10.1. The van der Waals surface area contributed by atoms with Crippen molar-refractivity contribution in [1.29, 1.82) is 0 Å². The molecule has 0 aromatic carbocycles. The fourth-order valence-electron chi connectivity index (χ4n) is 2.18. The van der Waals surface area contributed by atoms with Gasteiger partial charge in [0.15, 0.2) is 0 Å². The van der Waals surface area contributed by atoms with Crippen LogP contribution >= 0.6 is 0 Å². The van der Waals surface area contributed by atoms with Crippen molar-refractivity contribution in [2.75, 3.05) is 6.54 Å². The average molecular weight is 344 g/mol. The summed E-state index contributed by atoms with van der Waals surface area (Å²) in [4.78, 5) is 45.8. The van der Waals surface area contributed by atoms with Gasteiger partial charge in [-0.1, -0.05) is 13.3 Å². The minimum atomic E-state index is -1.35. The van der Waals surface area contributed by atoms with Gasteiger partial charge in [0.25, 0.3) is 11.8 Å². The van der Waals surface area contributed by atoms with Gasteiger partial charge in [-0.15, -0.1) is 0 Å². The summed E-state index contributed by atoms with van der Waals surface area (Å²) in [7, 11) is 0. The van der Waals surface area contributed by atoms with E-state index in [-0.39, 0.29) is 0 Å². The van der Waals surface area contributed by atoms with E-state index in [1.165, 1.54) is 0 Å². The molecule has 2 atom stereocenters. The van der Waals surface area contributed by atoms with E-state index in [9.17, 15) is 24.3 Å². The third-order valence-electron chi connectivity index (χ3n) is 3.42. The Bertz CT molecular complexity index is 530. The number of aliphatic hydroxyl groups excluding tert-OH is 2. The smallest absolute Gasteiger partial charge is 0.327 e. The quantitative estimate of drug-likeness (QED) is 0.500. The van der Waals surface area contributed by atoms with Crippen LogP contribution in [-0.2, 0) is 9.59 Å². The average Bonchev–Trinajstić information content (AvgIpc) is 2.84. The first kappa shape index (κ1) is 19.8. The van der Waals surface area contributed by atoms with Gasteiger partial charge in [0.1, 0.15) is 0 Å². The molecule has 24 heavy (non-hydrogen) atoms. The summed E-state index contributed by atoms with van der Waals surface area (Å²) in [6.45, 7) is 7.63. The van der Waals surface area contributed by atoms with Crippen molar-refractivity contribution in [2.45, 2.75) is 58.5 Å². The third-order valence-corrected chi connectivity index (χ3v) is 3.42. The van der Waals surface area contributed by atoms with Crippen molar-refractivity contribution in [3.05, 3.63) is 0 Å². The number of hydrogen-bond acceptors (Lipinski definition) is 6. The van der Waals surface area contributed by atoms with Gasteiger partial charge < -0.3 is 10.2 Å². The maximum absolute atomic E-state index is 11.1. The molecule has 2 rings (SSSR count). The normalized spacial score (nSPS) is 23.9. The third kappa shape index (κ3) is 4.42. The predicted octanol–water partition coefficient (Wildman–Crippen LogP) is -0.688. The SMILES string of the molecule is CC(C)(C)N1C(=O)NC(=O)C1O.CCCCN1C(=O)NC(=O)C1O. The summed E-state index contributed by atoms with van der Waals surface area (Å²) >= 11 is 0. The highest BCUT2D eigenvalue weighted by atomic mass is 16.3. The van der Waals surface area contributed by atoms with Crippen molar-refractivity contribution in [3.63, 3.8) is 0 Å². The highest BCUT2D eigenvalue weighted by Gasteiger charge is 2.43. The monoisotopic (exact) mass is 344 g/mol. The van der Waals surface area contributed by atoms with E-state index in [0.717, 1.165) is 22.6 Å². The Kier molecular flexibility index (Phi) is 6.27. The van der Waals surface area contributed by atoms with E-state index < -0.39 is 41.9 Å². The molecule has 0 bridgehead atoms. The van der Waals surface area contributed by atoms with E-state index in [0.29, 0.717) is 6.54 Å². The molecule has 0 aromatic rings. The Hall–Kier alpha value is -2.20. The lowest BCUT2D eigenvalue weighted by Gasteiger charge is -2.31. The van der Waals surface area contributed by atoms with E-state index in [1.807, 2.05) is 17.6 Å². The molecule has 0 radical (unpaired) electrons. The van der Waals surface area contributed by atoms with Crippen LogP contribution in [-0.4, -0.2) is 68.4 Å². The molecule has 4 N–H and O–H groups in total. The van der Waals surface area contributed by atoms with Crippen molar-refractivity contribution in [2.24, 2.45) is 0 Å². The van der Waals surface area contributed by atoms with Crippen LogP contribution in [0.2, 0.25) is 0 Å². The van der Waals surface area contributed by atoms with Gasteiger partial charge in [0.2, 0.25) is 12.5 Å². The van der Waals surface area contributed by atoms with Crippen LogP contribution in [0.1, 0.15) is 40.5 Å². The van der Waals surface area contributed by atoms with E-state index in [2.05, 4.69) is 0 Å². The van der Waals surface area contributed by atoms with Crippen LogP contribution in [0.4, 0.5) is 9.59 Å². The Morgan fingerprint density at radius 1 is 0.958 bits per heavy atom. The fraction of sp³-hybridized carbons (Fsp3) is 0.714. The molecule has 6 amide bonds. The van der Waals surface area contributed by atoms with E-state index in [4.69, 9.17) is 5.11 Å². The molecule has 10 heteroatoms. The van der Waals surface area contributed by atoms with Crippen molar-refractivity contribution >= 4 is 23.9 Å². The number of nitrogens with one attached hydrogen (secondary N) is 2. The largest absolute Gasteiger partial charge is 0.365 e. The maximum atomic E-state index is 11.1. The maximum Gasteiger partial charge on any atom is 0.327 e. The Morgan fingerprint density at radius 3 is 1.75 bits per heavy atom. The summed E-state index contributed by atoms with van der Waals surface area (Å²) in [5, 5.41) is 22.4. The molecular formula is C14H24N4O6. The van der Waals surface area contributed by atoms with Gasteiger partial charge in [-0.25, -0.2) is 9.59 Å². The zero-order valence-corrected chi connectivity index (χ0v) is 14.2. The zero-order chi connectivity index (χ0) is 18.7. The van der Waals surface area contributed by atoms with Crippen LogP contribution in [0, 0.1) is 0 Å². The lowest BCUT2D eigenvalue weighted by Crippen LogP contribution is -2.48. The Morgan fingerprint density at radius 2 is 1.46 bits per heavy atom. The molecule has 10 nitrogen and oxygen atoms in total. The molecule has 2 fully saturated rings. The molecular weight excluding hydrogens is 320 g/mol. The number of unbranched alkanes of at least 4 members (excludes halogenated alkanes) is 1. The fourth-order valence-corrected chi connectivity index (χ4v) is 2.18. The standard InChI is InChI=1S/2C7H12N2O3/c1-7(2,3)9-5(11)4(10)8-6(9)12;1-2-3-4-9-6(11)5(10)8-7(9)12/h5,11H,1-3H3,(H,8,10,12);6,11H,2-4H2,1H3,(H,8,10,12). The molecule has 0 aliphatic carbocycles. The van der Waals surface area contributed by atoms with Gasteiger partial charge in [-0.05, 0) is 27.2 Å². The first-order chi connectivity index (χ1) is 11.0. The van der Waals surface area contributed by atoms with Crippen LogP contribution in [0.25, 0.3) is 0 Å².